The molecule has 0 aliphatic heterocycles. The van der Waals surface area contributed by atoms with Crippen LogP contribution in [0, 0.1) is 11.6 Å². The van der Waals surface area contributed by atoms with E-state index in [0.29, 0.717) is 11.4 Å². The van der Waals surface area contributed by atoms with Crippen LogP contribution in [0.4, 0.5) is 42.9 Å². The van der Waals surface area contributed by atoms with Gasteiger partial charge < -0.3 is 9.80 Å². The number of halogens is 2. The molecule has 74 heavy (non-hydrogen) atoms. The summed E-state index contributed by atoms with van der Waals surface area (Å²) < 4.78 is 34.8. The number of nitrogens with zero attached hydrogens (tertiary/aromatic N) is 2. The topological polar surface area (TPSA) is 6.48 Å². The summed E-state index contributed by atoms with van der Waals surface area (Å²) in [4.78, 5) is 4.11. The summed E-state index contributed by atoms with van der Waals surface area (Å²) in [5.41, 5.74) is 11.2. The summed E-state index contributed by atoms with van der Waals surface area (Å²) in [6, 6.07) is 93.8. The highest BCUT2D eigenvalue weighted by Crippen LogP contribution is 2.49. The fourth-order valence-electron chi connectivity index (χ4n) is 10.9. The van der Waals surface area contributed by atoms with Crippen molar-refractivity contribution < 1.29 is 8.78 Å². The molecule has 0 bridgehead atoms. The van der Waals surface area contributed by atoms with Crippen LogP contribution in [0.3, 0.4) is 0 Å². The van der Waals surface area contributed by atoms with Crippen molar-refractivity contribution in [2.24, 2.45) is 0 Å². The van der Waals surface area contributed by atoms with Crippen molar-refractivity contribution in [2.45, 2.75) is 0 Å². The monoisotopic (exact) mass is 952 g/mol. The maximum absolute atomic E-state index is 17.4. The summed E-state index contributed by atoms with van der Waals surface area (Å²) in [7, 11) is 0. The first-order chi connectivity index (χ1) is 36.6. The Bertz CT molecular complexity index is 4160. The van der Waals surface area contributed by atoms with Crippen molar-refractivity contribution in [3.8, 4) is 44.5 Å². The zero-order chi connectivity index (χ0) is 49.5. The molecular weight excluding hydrogens is 907 g/mol. The largest absolute Gasteiger partial charge is 0.307 e. The van der Waals surface area contributed by atoms with Gasteiger partial charge in [-0.05, 0) is 149 Å². The molecule has 0 radical (unpaired) electrons. The lowest BCUT2D eigenvalue weighted by Crippen LogP contribution is -2.13. The molecule has 0 fully saturated rings. The second-order valence-corrected chi connectivity index (χ2v) is 18.7. The van der Waals surface area contributed by atoms with Crippen LogP contribution in [0.15, 0.2) is 279 Å². The molecule has 0 unspecified atom stereocenters. The SMILES string of the molecule is Fc1cc(-c2ccccc2)cc(-c2ccccc2)c1N(c1ccccc1)c1ccc2c(ccc3c4ccc(N(c5ccccc5)c5c(F)cc(-c6ccccc6)cc5-c5ccccc5)cc4c4ccccc4c23)c1. The van der Waals surface area contributed by atoms with Gasteiger partial charge in [0.1, 0.15) is 11.6 Å². The van der Waals surface area contributed by atoms with Crippen LogP contribution in [-0.4, -0.2) is 0 Å². The van der Waals surface area contributed by atoms with Crippen molar-refractivity contribution in [3.05, 3.63) is 291 Å². The van der Waals surface area contributed by atoms with E-state index in [2.05, 4.69) is 94.7 Å². The molecule has 13 aromatic carbocycles. The number of anilines is 6. The standard InChI is InChI=1S/C70H46F2N2/c71-66-44-52(47-21-7-1-8-22-47)42-63(49-25-11-3-12-26-49)69(66)73(54-29-15-5-16-30-54)56-36-39-58-51(41-56)35-38-62-60-40-37-57(46-65(60)59-33-19-20-34-61(59)68(58)62)74(55-31-17-6-18-32-55)70-64(50-27-13-4-14-28-50)43-53(45-67(70)72)48-23-9-2-10-24-48/h1-46H. The Hall–Kier alpha value is -9.64. The number of fused-ring (bicyclic) bond motifs is 8. The summed E-state index contributed by atoms with van der Waals surface area (Å²) in [6.07, 6.45) is 0. The Balaban J connectivity index is 0.996. The van der Waals surface area contributed by atoms with E-state index < -0.39 is 0 Å². The van der Waals surface area contributed by atoms with Crippen molar-refractivity contribution in [3.63, 3.8) is 0 Å². The summed E-state index contributed by atoms with van der Waals surface area (Å²) in [6.45, 7) is 0. The number of hydrogen-bond donors (Lipinski definition) is 0. The van der Waals surface area contributed by atoms with Crippen LogP contribution in [0.2, 0.25) is 0 Å². The average Bonchev–Trinajstić information content (AvgIpc) is 3.50. The molecule has 0 atom stereocenters. The third-order valence-electron chi connectivity index (χ3n) is 14.3. The van der Waals surface area contributed by atoms with Gasteiger partial charge in [0.15, 0.2) is 0 Å². The minimum atomic E-state index is -0.322. The maximum Gasteiger partial charge on any atom is 0.148 e. The highest BCUT2D eigenvalue weighted by atomic mass is 19.1. The molecule has 0 spiro atoms. The minimum absolute atomic E-state index is 0.321. The molecule has 13 aromatic rings. The second kappa shape index (κ2) is 18.8. The fraction of sp³-hybridized carbons (Fsp3) is 0. The molecule has 0 amide bonds. The smallest absolute Gasteiger partial charge is 0.148 e. The molecule has 0 aliphatic carbocycles. The molecule has 13 rings (SSSR count). The van der Waals surface area contributed by atoms with Gasteiger partial charge in [-0.25, -0.2) is 8.78 Å². The van der Waals surface area contributed by atoms with Crippen LogP contribution in [0.5, 0.6) is 0 Å². The van der Waals surface area contributed by atoms with Gasteiger partial charge in [0.05, 0.1) is 11.4 Å². The summed E-state index contributed by atoms with van der Waals surface area (Å²) in [5.74, 6) is -0.643. The van der Waals surface area contributed by atoms with Gasteiger partial charge in [-0.3, -0.25) is 0 Å². The van der Waals surface area contributed by atoms with Crippen molar-refractivity contribution in [1.82, 2.24) is 0 Å². The molecule has 0 saturated carbocycles. The first kappa shape index (κ1) is 44.3. The lowest BCUT2D eigenvalue weighted by Gasteiger charge is -2.29. The van der Waals surface area contributed by atoms with Gasteiger partial charge in [-0.1, -0.05) is 206 Å². The normalized spacial score (nSPS) is 11.4. The summed E-state index contributed by atoms with van der Waals surface area (Å²) >= 11 is 0. The summed E-state index contributed by atoms with van der Waals surface area (Å²) in [5, 5.41) is 8.69. The Morgan fingerprint density at radius 1 is 0.230 bits per heavy atom. The average molecular weight is 953 g/mol. The van der Waals surface area contributed by atoms with Gasteiger partial charge >= 0.3 is 0 Å². The number of rotatable bonds is 10. The predicted octanol–water partition coefficient (Wildman–Crippen LogP) is 20.2. The van der Waals surface area contributed by atoms with Crippen LogP contribution in [0.25, 0.3) is 87.6 Å². The predicted molar refractivity (Wildman–Crippen MR) is 307 cm³/mol. The van der Waals surface area contributed by atoms with Gasteiger partial charge in [0.25, 0.3) is 0 Å². The molecule has 0 heterocycles. The van der Waals surface area contributed by atoms with Gasteiger partial charge in [0, 0.05) is 33.9 Å². The highest BCUT2D eigenvalue weighted by Gasteiger charge is 2.26. The van der Waals surface area contributed by atoms with Crippen LogP contribution >= 0.6 is 0 Å². The van der Waals surface area contributed by atoms with E-state index in [1.165, 1.54) is 0 Å². The molecule has 0 aromatic heterocycles. The Kier molecular flexibility index (Phi) is 11.3. The quantitative estimate of drug-likeness (QED) is 0.126. The van der Waals surface area contributed by atoms with E-state index in [1.807, 2.05) is 182 Å². The van der Waals surface area contributed by atoms with Crippen molar-refractivity contribution in [1.29, 1.82) is 0 Å². The second-order valence-electron chi connectivity index (χ2n) is 18.7. The van der Waals surface area contributed by atoms with Crippen molar-refractivity contribution >= 4 is 77.2 Å². The number of benzene rings is 13. The maximum atomic E-state index is 17.4. The number of para-hydroxylation sites is 2. The lowest BCUT2D eigenvalue weighted by atomic mass is 9.90. The van der Waals surface area contributed by atoms with Gasteiger partial charge in [0.2, 0.25) is 0 Å². The number of hydrogen-bond acceptors (Lipinski definition) is 2. The Labute approximate surface area is 428 Å². The molecule has 350 valence electrons. The van der Waals surface area contributed by atoms with E-state index in [-0.39, 0.29) is 11.6 Å². The Morgan fingerprint density at radius 3 is 1.08 bits per heavy atom. The van der Waals surface area contributed by atoms with E-state index in [4.69, 9.17) is 0 Å². The van der Waals surface area contributed by atoms with Gasteiger partial charge in [-0.2, -0.15) is 0 Å². The van der Waals surface area contributed by atoms with Crippen molar-refractivity contribution in [2.75, 3.05) is 9.80 Å². The third-order valence-corrected chi connectivity index (χ3v) is 14.3. The zero-order valence-electron chi connectivity index (χ0n) is 40.2. The fourth-order valence-corrected chi connectivity index (χ4v) is 10.9. The third kappa shape index (κ3) is 7.90. The molecular formula is C70H46F2N2. The van der Waals surface area contributed by atoms with Crippen LogP contribution < -0.4 is 9.80 Å². The first-order valence-corrected chi connectivity index (χ1v) is 25.0. The van der Waals surface area contributed by atoms with Gasteiger partial charge in [-0.15, -0.1) is 0 Å². The molecule has 0 saturated heterocycles. The van der Waals surface area contributed by atoms with E-state index in [0.717, 1.165) is 110 Å². The van der Waals surface area contributed by atoms with E-state index >= 15 is 8.78 Å². The zero-order valence-corrected chi connectivity index (χ0v) is 40.2. The Morgan fingerprint density at radius 2 is 0.595 bits per heavy atom. The molecule has 0 aliphatic rings. The van der Waals surface area contributed by atoms with Crippen LogP contribution in [-0.2, 0) is 0 Å². The molecule has 2 nitrogen and oxygen atoms in total. The minimum Gasteiger partial charge on any atom is -0.307 e. The lowest BCUT2D eigenvalue weighted by molar-refractivity contribution is 0.629. The first-order valence-electron chi connectivity index (χ1n) is 25.0. The van der Waals surface area contributed by atoms with Crippen LogP contribution in [0.1, 0.15) is 0 Å². The van der Waals surface area contributed by atoms with E-state index in [1.54, 1.807) is 12.1 Å². The highest BCUT2D eigenvalue weighted by molar-refractivity contribution is 6.32. The van der Waals surface area contributed by atoms with E-state index in [9.17, 15) is 0 Å². The molecule has 0 N–H and O–H groups in total. The molecule has 4 heteroatoms.